The second kappa shape index (κ2) is 9.19. The highest BCUT2D eigenvalue weighted by atomic mass is 16.5. The van der Waals surface area contributed by atoms with E-state index >= 15 is 0 Å². The van der Waals surface area contributed by atoms with E-state index in [9.17, 15) is 19.5 Å². The van der Waals surface area contributed by atoms with Crippen LogP contribution in [0.5, 0.6) is 0 Å². The van der Waals surface area contributed by atoms with Crippen molar-refractivity contribution in [1.29, 1.82) is 0 Å². The van der Waals surface area contributed by atoms with Crippen molar-refractivity contribution >= 4 is 17.9 Å². The smallest absolute Gasteiger partial charge is 0.332 e. The van der Waals surface area contributed by atoms with Gasteiger partial charge in [0.2, 0.25) is 0 Å². The number of ether oxygens (including phenoxy) is 2. The van der Waals surface area contributed by atoms with Crippen LogP contribution in [-0.4, -0.2) is 47.9 Å². The zero-order valence-corrected chi connectivity index (χ0v) is 12.7. The van der Waals surface area contributed by atoms with Crippen molar-refractivity contribution < 1.29 is 34.1 Å². The highest BCUT2D eigenvalue weighted by Crippen LogP contribution is 2.23. The number of rotatable bonds is 9. The van der Waals surface area contributed by atoms with E-state index in [0.29, 0.717) is 0 Å². The van der Waals surface area contributed by atoms with E-state index in [1.165, 1.54) is 7.11 Å². The van der Waals surface area contributed by atoms with Crippen molar-refractivity contribution in [2.24, 2.45) is 0 Å². The van der Waals surface area contributed by atoms with Gasteiger partial charge in [0, 0.05) is 19.3 Å². The van der Waals surface area contributed by atoms with E-state index in [2.05, 4.69) is 0 Å². The average Bonchev–Trinajstić information content (AvgIpc) is 2.93. The molecule has 0 spiro atoms. The summed E-state index contributed by atoms with van der Waals surface area (Å²) in [6.07, 6.45) is 2.91. The van der Waals surface area contributed by atoms with Crippen molar-refractivity contribution in [3.63, 3.8) is 0 Å². The Hall–Kier alpha value is -1.89. The first-order valence-electron chi connectivity index (χ1n) is 7.28. The molecule has 0 amide bonds. The first kappa shape index (κ1) is 18.2. The molecule has 1 rings (SSSR count). The molecule has 7 heteroatoms. The van der Waals surface area contributed by atoms with Crippen LogP contribution in [-0.2, 0) is 23.9 Å². The SMILES string of the molecule is COCCC(CC(=O)OC1CCCC1)=C(CC(=O)O)C(=O)O. The van der Waals surface area contributed by atoms with Gasteiger partial charge in [0.05, 0.1) is 12.8 Å². The van der Waals surface area contributed by atoms with E-state index in [1.807, 2.05) is 0 Å². The normalized spacial score (nSPS) is 16.2. The molecule has 124 valence electrons. The Kier molecular flexibility index (Phi) is 7.59. The van der Waals surface area contributed by atoms with Gasteiger partial charge in [0.25, 0.3) is 0 Å². The summed E-state index contributed by atoms with van der Waals surface area (Å²) in [5, 5.41) is 18.0. The molecular formula is C15H22O7. The van der Waals surface area contributed by atoms with Crippen LogP contribution in [0.25, 0.3) is 0 Å². The second-order valence-electron chi connectivity index (χ2n) is 5.27. The summed E-state index contributed by atoms with van der Waals surface area (Å²) in [7, 11) is 1.45. The maximum atomic E-state index is 11.9. The summed E-state index contributed by atoms with van der Waals surface area (Å²) < 4.78 is 10.2. The molecule has 7 nitrogen and oxygen atoms in total. The molecular weight excluding hydrogens is 292 g/mol. The minimum Gasteiger partial charge on any atom is -0.481 e. The van der Waals surface area contributed by atoms with Crippen LogP contribution in [0.1, 0.15) is 44.9 Å². The van der Waals surface area contributed by atoms with Crippen LogP contribution in [0.15, 0.2) is 11.1 Å². The number of carboxylic acids is 2. The molecule has 1 saturated carbocycles. The first-order valence-corrected chi connectivity index (χ1v) is 7.28. The van der Waals surface area contributed by atoms with Crippen LogP contribution in [0.2, 0.25) is 0 Å². The standard InChI is InChI=1S/C15H22O7/c1-21-7-6-10(12(15(19)20)9-13(16)17)8-14(18)22-11-4-2-3-5-11/h11H,2-9H2,1H3,(H,16,17)(H,19,20). The quantitative estimate of drug-likeness (QED) is 0.493. The van der Waals surface area contributed by atoms with Gasteiger partial charge in [-0.15, -0.1) is 0 Å². The molecule has 0 aromatic carbocycles. The van der Waals surface area contributed by atoms with Gasteiger partial charge in [0.1, 0.15) is 6.10 Å². The molecule has 0 bridgehead atoms. The molecule has 0 heterocycles. The number of esters is 1. The predicted molar refractivity (Wildman–Crippen MR) is 76.4 cm³/mol. The summed E-state index contributed by atoms with van der Waals surface area (Å²) in [5.74, 6) is -3.10. The molecule has 0 saturated heterocycles. The average molecular weight is 314 g/mol. The third-order valence-corrected chi connectivity index (χ3v) is 3.58. The van der Waals surface area contributed by atoms with E-state index in [4.69, 9.17) is 14.6 Å². The second-order valence-corrected chi connectivity index (χ2v) is 5.27. The molecule has 0 unspecified atom stereocenters. The van der Waals surface area contributed by atoms with Crippen molar-refractivity contribution in [3.8, 4) is 0 Å². The van der Waals surface area contributed by atoms with Gasteiger partial charge in [-0.3, -0.25) is 9.59 Å². The Morgan fingerprint density at radius 3 is 2.23 bits per heavy atom. The third-order valence-electron chi connectivity index (χ3n) is 3.58. The monoisotopic (exact) mass is 314 g/mol. The fourth-order valence-electron chi connectivity index (χ4n) is 2.48. The number of hydrogen-bond donors (Lipinski definition) is 2. The third kappa shape index (κ3) is 6.26. The Morgan fingerprint density at radius 1 is 1.09 bits per heavy atom. The highest BCUT2D eigenvalue weighted by Gasteiger charge is 2.23. The van der Waals surface area contributed by atoms with Crippen LogP contribution in [0.4, 0.5) is 0 Å². The van der Waals surface area contributed by atoms with E-state index in [0.717, 1.165) is 25.7 Å². The van der Waals surface area contributed by atoms with Gasteiger partial charge in [0.15, 0.2) is 0 Å². The van der Waals surface area contributed by atoms with Crippen molar-refractivity contribution in [2.45, 2.75) is 51.0 Å². The van der Waals surface area contributed by atoms with E-state index in [-0.39, 0.29) is 36.7 Å². The fraction of sp³-hybridized carbons (Fsp3) is 0.667. The maximum absolute atomic E-state index is 11.9. The van der Waals surface area contributed by atoms with Crippen molar-refractivity contribution in [1.82, 2.24) is 0 Å². The maximum Gasteiger partial charge on any atom is 0.332 e. The predicted octanol–water partition coefficient (Wildman–Crippen LogP) is 1.75. The molecule has 0 aromatic rings. The van der Waals surface area contributed by atoms with E-state index < -0.39 is 24.3 Å². The van der Waals surface area contributed by atoms with Gasteiger partial charge in [-0.2, -0.15) is 0 Å². The molecule has 0 atom stereocenters. The van der Waals surface area contributed by atoms with E-state index in [1.54, 1.807) is 0 Å². The number of carboxylic acid groups (broad SMARTS) is 2. The number of carbonyl (C=O) groups excluding carboxylic acids is 1. The Bertz CT molecular complexity index is 447. The lowest BCUT2D eigenvalue weighted by Crippen LogP contribution is -2.18. The lowest BCUT2D eigenvalue weighted by molar-refractivity contribution is -0.148. The number of aliphatic carboxylic acids is 2. The lowest BCUT2D eigenvalue weighted by atomic mass is 9.99. The topological polar surface area (TPSA) is 110 Å². The minimum absolute atomic E-state index is 0.107. The summed E-state index contributed by atoms with van der Waals surface area (Å²) in [5.41, 5.74) is -0.0207. The zero-order valence-electron chi connectivity index (χ0n) is 12.7. The molecule has 2 N–H and O–H groups in total. The van der Waals surface area contributed by atoms with Crippen molar-refractivity contribution in [2.75, 3.05) is 13.7 Å². The van der Waals surface area contributed by atoms with Crippen LogP contribution < -0.4 is 0 Å². The summed E-state index contributed by atoms with van der Waals surface area (Å²) in [4.78, 5) is 34.0. The summed E-state index contributed by atoms with van der Waals surface area (Å²) >= 11 is 0. The molecule has 0 aliphatic heterocycles. The van der Waals surface area contributed by atoms with Crippen LogP contribution in [0.3, 0.4) is 0 Å². The van der Waals surface area contributed by atoms with Gasteiger partial charge in [-0.05, 0) is 37.7 Å². The zero-order chi connectivity index (χ0) is 16.5. The van der Waals surface area contributed by atoms with Crippen molar-refractivity contribution in [3.05, 3.63) is 11.1 Å². The highest BCUT2D eigenvalue weighted by molar-refractivity contribution is 5.93. The largest absolute Gasteiger partial charge is 0.481 e. The molecule has 1 aliphatic carbocycles. The van der Waals surface area contributed by atoms with Gasteiger partial charge < -0.3 is 19.7 Å². The first-order chi connectivity index (χ1) is 10.4. The Morgan fingerprint density at radius 2 is 1.73 bits per heavy atom. The fourth-order valence-corrected chi connectivity index (χ4v) is 2.48. The molecule has 1 aliphatic rings. The molecule has 22 heavy (non-hydrogen) atoms. The molecule has 1 fully saturated rings. The van der Waals surface area contributed by atoms with Gasteiger partial charge in [-0.25, -0.2) is 4.79 Å². The summed E-state index contributed by atoms with van der Waals surface area (Å²) in [6, 6.07) is 0. The van der Waals surface area contributed by atoms with Gasteiger partial charge in [-0.1, -0.05) is 0 Å². The number of methoxy groups -OCH3 is 1. The number of hydrogen-bond acceptors (Lipinski definition) is 5. The molecule has 0 aromatic heterocycles. The lowest BCUT2D eigenvalue weighted by Gasteiger charge is -2.14. The summed E-state index contributed by atoms with van der Waals surface area (Å²) in [6.45, 7) is 0.211. The molecule has 0 radical (unpaired) electrons. The van der Waals surface area contributed by atoms with Gasteiger partial charge >= 0.3 is 17.9 Å². The minimum atomic E-state index is -1.33. The number of carbonyl (C=O) groups is 3. The Balaban J connectivity index is 2.81. The van der Waals surface area contributed by atoms with Crippen LogP contribution >= 0.6 is 0 Å². The Labute approximate surface area is 128 Å². The van der Waals surface area contributed by atoms with Crippen LogP contribution in [0, 0.1) is 0 Å².